The number of ether oxygens (including phenoxy) is 2. The maximum Gasteiger partial charge on any atom is 0.338 e. The van der Waals surface area contributed by atoms with Gasteiger partial charge in [-0.05, 0) is 54.7 Å². The highest BCUT2D eigenvalue weighted by atomic mass is 16.6. The lowest BCUT2D eigenvalue weighted by Gasteiger charge is -2.37. The number of nitrogens with one attached hydrogen (secondary N) is 1. The molecule has 0 saturated heterocycles. The van der Waals surface area contributed by atoms with Gasteiger partial charge in [0.1, 0.15) is 0 Å². The molecule has 2 aliphatic rings. The number of carbonyl (C=O) groups is 1. The van der Waals surface area contributed by atoms with Crippen LogP contribution in [0.25, 0.3) is 0 Å². The van der Waals surface area contributed by atoms with Crippen LogP contribution in [0.15, 0.2) is 48.6 Å². The van der Waals surface area contributed by atoms with Crippen molar-refractivity contribution in [1.82, 2.24) is 0 Å². The van der Waals surface area contributed by atoms with E-state index in [4.69, 9.17) is 9.47 Å². The molecule has 0 aromatic heterocycles. The molecule has 150 valence electrons. The van der Waals surface area contributed by atoms with Crippen LogP contribution in [-0.4, -0.2) is 24.6 Å². The number of hydrogen-bond donors (Lipinski definition) is 1. The summed E-state index contributed by atoms with van der Waals surface area (Å²) in [5, 5.41) is 15.0. The van der Waals surface area contributed by atoms with E-state index < -0.39 is 4.92 Å². The minimum atomic E-state index is -0.422. The van der Waals surface area contributed by atoms with Gasteiger partial charge in [0.25, 0.3) is 0 Å². The second-order valence-electron chi connectivity index (χ2n) is 7.19. The fourth-order valence-corrected chi connectivity index (χ4v) is 4.31. The van der Waals surface area contributed by atoms with E-state index in [9.17, 15) is 14.9 Å². The van der Waals surface area contributed by atoms with Crippen LogP contribution in [0, 0.1) is 16.0 Å². The van der Waals surface area contributed by atoms with Crippen LogP contribution in [0.3, 0.4) is 0 Å². The Hall–Kier alpha value is -3.35. The molecule has 1 heterocycles. The molecule has 0 amide bonds. The van der Waals surface area contributed by atoms with Gasteiger partial charge in [-0.2, -0.15) is 0 Å². The SMILES string of the molecule is CCOC(=O)c1ccc2c(c1)[C@@H]1C=CC[C@@H]1[C@H](c1ccc(OC)c([N+](=O)[O-])c1)N2. The standard InChI is InChI=1S/C22H22N2O5/c1-3-29-22(25)14-7-9-18-17(11-14)15-5-4-6-16(15)21(23-18)13-8-10-20(28-2)19(12-13)24(26)27/h4-5,7-12,15-16,21,23H,3,6H2,1-2H3/t15-,16+,21+/m1/s1. The molecule has 0 saturated carbocycles. The molecule has 2 aromatic carbocycles. The van der Waals surface area contributed by atoms with Gasteiger partial charge in [0.15, 0.2) is 5.75 Å². The number of hydrogen-bond acceptors (Lipinski definition) is 6. The molecule has 3 atom stereocenters. The summed E-state index contributed by atoms with van der Waals surface area (Å²) in [4.78, 5) is 23.2. The van der Waals surface area contributed by atoms with Gasteiger partial charge in [-0.25, -0.2) is 4.79 Å². The summed E-state index contributed by atoms with van der Waals surface area (Å²) in [6.07, 6.45) is 5.14. The van der Waals surface area contributed by atoms with Crippen LogP contribution in [0.4, 0.5) is 11.4 Å². The van der Waals surface area contributed by atoms with E-state index in [0.29, 0.717) is 12.2 Å². The Morgan fingerprint density at radius 1 is 1.28 bits per heavy atom. The van der Waals surface area contributed by atoms with Crippen molar-refractivity contribution >= 4 is 17.3 Å². The second-order valence-corrected chi connectivity index (χ2v) is 7.19. The molecular formula is C22H22N2O5. The number of benzene rings is 2. The third kappa shape index (κ3) is 3.33. The van der Waals surface area contributed by atoms with Gasteiger partial charge >= 0.3 is 11.7 Å². The lowest BCUT2D eigenvalue weighted by atomic mass is 9.76. The van der Waals surface area contributed by atoms with Crippen LogP contribution in [0.2, 0.25) is 0 Å². The van der Waals surface area contributed by atoms with E-state index in [1.54, 1.807) is 25.1 Å². The molecule has 29 heavy (non-hydrogen) atoms. The Labute approximate surface area is 168 Å². The number of nitro groups is 1. The van der Waals surface area contributed by atoms with Crippen molar-refractivity contribution in [3.63, 3.8) is 0 Å². The van der Waals surface area contributed by atoms with Gasteiger partial charge < -0.3 is 14.8 Å². The average Bonchev–Trinajstić information content (AvgIpc) is 3.22. The molecule has 0 fully saturated rings. The largest absolute Gasteiger partial charge is 0.490 e. The van der Waals surface area contributed by atoms with Crippen LogP contribution >= 0.6 is 0 Å². The van der Waals surface area contributed by atoms with Crippen LogP contribution in [0.5, 0.6) is 5.75 Å². The number of rotatable bonds is 5. The predicted molar refractivity (Wildman–Crippen MR) is 108 cm³/mol. The number of fused-ring (bicyclic) bond motifs is 3. The van der Waals surface area contributed by atoms with Crippen LogP contribution in [0.1, 0.15) is 46.8 Å². The van der Waals surface area contributed by atoms with Gasteiger partial charge in [0.05, 0.1) is 30.2 Å². The second kappa shape index (κ2) is 7.58. The van der Waals surface area contributed by atoms with Gasteiger partial charge in [-0.3, -0.25) is 10.1 Å². The summed E-state index contributed by atoms with van der Waals surface area (Å²) in [7, 11) is 1.43. The highest BCUT2D eigenvalue weighted by molar-refractivity contribution is 5.90. The van der Waals surface area contributed by atoms with Crippen molar-refractivity contribution in [3.8, 4) is 5.75 Å². The van der Waals surface area contributed by atoms with Gasteiger partial charge in [0, 0.05) is 17.7 Å². The highest BCUT2D eigenvalue weighted by Gasteiger charge is 2.39. The zero-order chi connectivity index (χ0) is 20.5. The Morgan fingerprint density at radius 3 is 2.83 bits per heavy atom. The molecule has 0 bridgehead atoms. The fraction of sp³-hybridized carbons (Fsp3) is 0.318. The molecule has 1 aliphatic carbocycles. The summed E-state index contributed by atoms with van der Waals surface area (Å²) < 4.78 is 10.3. The zero-order valence-electron chi connectivity index (χ0n) is 16.3. The van der Waals surface area contributed by atoms with E-state index in [1.807, 2.05) is 18.2 Å². The first-order valence-electron chi connectivity index (χ1n) is 9.60. The number of methoxy groups -OCH3 is 1. The summed E-state index contributed by atoms with van der Waals surface area (Å²) in [5.41, 5.74) is 3.31. The fourth-order valence-electron chi connectivity index (χ4n) is 4.31. The Bertz CT molecular complexity index is 1000. The first kappa shape index (κ1) is 19.0. The maximum atomic E-state index is 12.1. The molecule has 2 aromatic rings. The zero-order valence-corrected chi connectivity index (χ0v) is 16.3. The lowest BCUT2D eigenvalue weighted by Crippen LogP contribution is -2.29. The van der Waals surface area contributed by atoms with E-state index >= 15 is 0 Å². The van der Waals surface area contributed by atoms with Crippen molar-refractivity contribution in [2.24, 2.45) is 5.92 Å². The van der Waals surface area contributed by atoms with Crippen LogP contribution < -0.4 is 10.1 Å². The Morgan fingerprint density at radius 2 is 2.10 bits per heavy atom. The topological polar surface area (TPSA) is 90.7 Å². The van der Waals surface area contributed by atoms with E-state index in [0.717, 1.165) is 23.2 Å². The van der Waals surface area contributed by atoms with Gasteiger partial charge in [0.2, 0.25) is 0 Å². The smallest absolute Gasteiger partial charge is 0.338 e. The van der Waals surface area contributed by atoms with E-state index in [-0.39, 0.29) is 35.3 Å². The average molecular weight is 394 g/mol. The first-order valence-corrected chi connectivity index (χ1v) is 9.60. The molecule has 0 unspecified atom stereocenters. The summed E-state index contributed by atoms with van der Waals surface area (Å²) in [6.45, 7) is 2.12. The van der Waals surface area contributed by atoms with Crippen LogP contribution in [-0.2, 0) is 4.74 Å². The van der Waals surface area contributed by atoms with Crippen molar-refractivity contribution in [3.05, 3.63) is 75.4 Å². The third-order valence-electron chi connectivity index (χ3n) is 5.63. The molecule has 0 spiro atoms. The van der Waals surface area contributed by atoms with Gasteiger partial charge in [-0.15, -0.1) is 0 Å². The number of esters is 1. The molecule has 0 radical (unpaired) electrons. The molecular weight excluding hydrogens is 372 g/mol. The first-order chi connectivity index (χ1) is 14.0. The maximum absolute atomic E-state index is 12.1. The van der Waals surface area contributed by atoms with E-state index in [1.165, 1.54) is 7.11 Å². The van der Waals surface area contributed by atoms with Crippen molar-refractivity contribution in [2.75, 3.05) is 19.0 Å². The minimum Gasteiger partial charge on any atom is -0.490 e. The Kier molecular flexibility index (Phi) is 4.96. The number of anilines is 1. The lowest BCUT2D eigenvalue weighted by molar-refractivity contribution is -0.385. The third-order valence-corrected chi connectivity index (χ3v) is 5.63. The summed E-state index contributed by atoms with van der Waals surface area (Å²) in [6, 6.07) is 10.5. The van der Waals surface area contributed by atoms with Crippen molar-refractivity contribution in [2.45, 2.75) is 25.3 Å². The molecule has 4 rings (SSSR count). The normalized spacial score (nSPS) is 21.7. The molecule has 1 aliphatic heterocycles. The number of nitro benzene ring substituents is 1. The Balaban J connectivity index is 1.72. The predicted octanol–water partition coefficient (Wildman–Crippen LogP) is 4.61. The monoisotopic (exact) mass is 394 g/mol. The number of nitrogens with zero attached hydrogens (tertiary/aromatic N) is 1. The molecule has 1 N–H and O–H groups in total. The van der Waals surface area contributed by atoms with Crippen molar-refractivity contribution in [1.29, 1.82) is 0 Å². The molecule has 7 nitrogen and oxygen atoms in total. The van der Waals surface area contributed by atoms with Gasteiger partial charge in [-0.1, -0.05) is 18.2 Å². The number of carbonyl (C=O) groups excluding carboxylic acids is 1. The molecule has 7 heteroatoms. The summed E-state index contributed by atoms with van der Waals surface area (Å²) >= 11 is 0. The number of allylic oxidation sites excluding steroid dienone is 2. The summed E-state index contributed by atoms with van der Waals surface area (Å²) in [5.74, 6) is 0.247. The highest BCUT2D eigenvalue weighted by Crippen LogP contribution is 2.50. The quantitative estimate of drug-likeness (QED) is 0.345. The minimum absolute atomic E-state index is 0.0437. The van der Waals surface area contributed by atoms with Crippen molar-refractivity contribution < 1.29 is 19.2 Å². The van der Waals surface area contributed by atoms with E-state index in [2.05, 4.69) is 17.5 Å².